The van der Waals surface area contributed by atoms with Gasteiger partial charge < -0.3 is 19.2 Å². The van der Waals surface area contributed by atoms with Gasteiger partial charge in [-0.25, -0.2) is 5.10 Å². The Hall–Kier alpha value is -2.94. The summed E-state index contributed by atoms with van der Waals surface area (Å²) in [6.07, 6.45) is 5.65. The first-order chi connectivity index (χ1) is 14.6. The Morgan fingerprint density at radius 2 is 2.00 bits per heavy atom. The lowest BCUT2D eigenvalue weighted by molar-refractivity contribution is -0.0516. The third-order valence-electron chi connectivity index (χ3n) is 5.28. The molecule has 158 valence electrons. The Balaban J connectivity index is 1.55. The highest BCUT2D eigenvalue weighted by Crippen LogP contribution is 2.39. The van der Waals surface area contributed by atoms with Crippen LogP contribution < -0.4 is 15.0 Å². The first-order valence-electron chi connectivity index (χ1n) is 10.0. The van der Waals surface area contributed by atoms with E-state index >= 15 is 0 Å². The number of aromatic amines is 2. The predicted octanol–water partition coefficient (Wildman–Crippen LogP) is 3.99. The zero-order chi connectivity index (χ0) is 20.7. The zero-order valence-electron chi connectivity index (χ0n) is 16.1. The van der Waals surface area contributed by atoms with Crippen molar-refractivity contribution in [2.45, 2.75) is 45.0 Å². The number of hydrogen-bond acceptors (Lipinski definition) is 5. The summed E-state index contributed by atoms with van der Waals surface area (Å²) in [7, 11) is 0. The van der Waals surface area contributed by atoms with Crippen molar-refractivity contribution in [2.24, 2.45) is 5.92 Å². The number of halogens is 2. The molecule has 2 aromatic heterocycles. The van der Waals surface area contributed by atoms with E-state index in [1.165, 1.54) is 18.9 Å². The molecular formula is C21H21F2N3O4. The van der Waals surface area contributed by atoms with E-state index < -0.39 is 6.61 Å². The van der Waals surface area contributed by atoms with Crippen LogP contribution >= 0.6 is 0 Å². The van der Waals surface area contributed by atoms with Crippen molar-refractivity contribution in [3.63, 3.8) is 0 Å². The molecule has 2 heterocycles. The molecule has 0 saturated heterocycles. The molecule has 2 fully saturated rings. The molecule has 2 aliphatic rings. The van der Waals surface area contributed by atoms with Crippen molar-refractivity contribution in [1.82, 2.24) is 15.2 Å². The quantitative estimate of drug-likeness (QED) is 0.550. The van der Waals surface area contributed by atoms with Crippen LogP contribution in [0.3, 0.4) is 0 Å². The Bertz CT molecular complexity index is 1120. The fourth-order valence-electron chi connectivity index (χ4n) is 3.45. The van der Waals surface area contributed by atoms with E-state index in [4.69, 9.17) is 9.47 Å². The molecule has 2 saturated carbocycles. The largest absolute Gasteiger partial charge is 0.487 e. The second-order valence-corrected chi connectivity index (χ2v) is 7.78. The molecule has 1 aromatic carbocycles. The summed E-state index contributed by atoms with van der Waals surface area (Å²) in [6, 6.07) is 4.78. The van der Waals surface area contributed by atoms with Gasteiger partial charge in [-0.05, 0) is 49.8 Å². The van der Waals surface area contributed by atoms with E-state index in [9.17, 15) is 13.6 Å². The van der Waals surface area contributed by atoms with Gasteiger partial charge in [-0.3, -0.25) is 4.79 Å². The Labute approximate surface area is 170 Å². The highest BCUT2D eigenvalue weighted by Gasteiger charge is 2.27. The van der Waals surface area contributed by atoms with Gasteiger partial charge in [0, 0.05) is 17.7 Å². The molecule has 3 aromatic rings. The minimum absolute atomic E-state index is 0.0105. The van der Waals surface area contributed by atoms with Crippen LogP contribution in [0.15, 0.2) is 29.2 Å². The van der Waals surface area contributed by atoms with Crippen LogP contribution in [-0.4, -0.2) is 34.5 Å². The second kappa shape index (κ2) is 7.71. The average molecular weight is 417 g/mol. The number of nitrogens with one attached hydrogen (secondary N) is 2. The first kappa shape index (κ1) is 19.0. The van der Waals surface area contributed by atoms with Gasteiger partial charge in [0.1, 0.15) is 0 Å². The van der Waals surface area contributed by atoms with Crippen LogP contribution in [-0.2, 0) is 11.3 Å². The SMILES string of the molecule is O=c1[nH]ncc2[nH]c(-c3ccc(OC(F)F)c(OC4CC4)c3)c(COCC3CC3)c12. The van der Waals surface area contributed by atoms with Gasteiger partial charge in [0.2, 0.25) is 0 Å². The summed E-state index contributed by atoms with van der Waals surface area (Å²) in [6.45, 7) is -2.04. The first-order valence-corrected chi connectivity index (χ1v) is 10.0. The van der Waals surface area contributed by atoms with Gasteiger partial charge >= 0.3 is 6.61 Å². The van der Waals surface area contributed by atoms with E-state index in [0.717, 1.165) is 12.8 Å². The monoisotopic (exact) mass is 417 g/mol. The Morgan fingerprint density at radius 1 is 1.17 bits per heavy atom. The summed E-state index contributed by atoms with van der Waals surface area (Å²) in [5, 5.41) is 6.79. The van der Waals surface area contributed by atoms with Crippen molar-refractivity contribution in [3.8, 4) is 22.8 Å². The van der Waals surface area contributed by atoms with E-state index in [1.54, 1.807) is 18.3 Å². The number of H-pyrrole nitrogens is 2. The highest BCUT2D eigenvalue weighted by atomic mass is 19.3. The van der Waals surface area contributed by atoms with Crippen LogP contribution in [0.1, 0.15) is 31.2 Å². The van der Waals surface area contributed by atoms with E-state index in [2.05, 4.69) is 19.9 Å². The third-order valence-corrected chi connectivity index (χ3v) is 5.28. The molecule has 7 nitrogen and oxygen atoms in total. The van der Waals surface area contributed by atoms with Gasteiger partial charge in [0.15, 0.2) is 11.5 Å². The Morgan fingerprint density at radius 3 is 2.73 bits per heavy atom. The number of fused-ring (bicyclic) bond motifs is 1. The van der Waals surface area contributed by atoms with Crippen LogP contribution in [0, 0.1) is 5.92 Å². The maximum atomic E-state index is 12.8. The van der Waals surface area contributed by atoms with E-state index in [0.29, 0.717) is 40.2 Å². The number of benzene rings is 1. The lowest BCUT2D eigenvalue weighted by atomic mass is 10.1. The van der Waals surface area contributed by atoms with Crippen LogP contribution in [0.5, 0.6) is 11.5 Å². The van der Waals surface area contributed by atoms with Gasteiger partial charge in [-0.15, -0.1) is 0 Å². The standard InChI is InChI=1S/C21H21F2N3O4/c22-21(23)30-16-6-3-12(7-17(16)29-13-4-5-13)19-14(10-28-9-11-1-2-11)18-15(25-19)8-24-26-20(18)27/h3,6-8,11,13,21,25H,1-2,4-5,9-10H2,(H,26,27). The van der Waals surface area contributed by atoms with Crippen LogP contribution in [0.4, 0.5) is 8.78 Å². The maximum Gasteiger partial charge on any atom is 0.387 e. The molecule has 30 heavy (non-hydrogen) atoms. The fourth-order valence-corrected chi connectivity index (χ4v) is 3.45. The number of nitrogens with zero attached hydrogens (tertiary/aromatic N) is 1. The fraction of sp³-hybridized carbons (Fsp3) is 0.429. The molecule has 2 N–H and O–H groups in total. The third kappa shape index (κ3) is 4.02. The van der Waals surface area contributed by atoms with Crippen molar-refractivity contribution < 1.29 is 23.0 Å². The summed E-state index contributed by atoms with van der Waals surface area (Å²) in [5.41, 5.74) is 2.33. The number of rotatable bonds is 9. The summed E-state index contributed by atoms with van der Waals surface area (Å²) >= 11 is 0. The van der Waals surface area contributed by atoms with E-state index in [1.807, 2.05) is 0 Å². The molecule has 0 amide bonds. The normalized spacial score (nSPS) is 16.4. The van der Waals surface area contributed by atoms with E-state index in [-0.39, 0.29) is 29.8 Å². The second-order valence-electron chi connectivity index (χ2n) is 7.78. The highest BCUT2D eigenvalue weighted by molar-refractivity contribution is 5.89. The molecule has 0 bridgehead atoms. The zero-order valence-corrected chi connectivity index (χ0v) is 16.1. The number of aromatic nitrogens is 3. The molecule has 2 aliphatic carbocycles. The van der Waals surface area contributed by atoms with Crippen molar-refractivity contribution in [3.05, 3.63) is 40.3 Å². The lowest BCUT2D eigenvalue weighted by Crippen LogP contribution is -2.09. The molecule has 0 radical (unpaired) electrons. The van der Waals surface area contributed by atoms with Gasteiger partial charge in [-0.2, -0.15) is 13.9 Å². The summed E-state index contributed by atoms with van der Waals surface area (Å²) in [4.78, 5) is 15.7. The van der Waals surface area contributed by atoms with Crippen LogP contribution in [0.25, 0.3) is 22.2 Å². The minimum atomic E-state index is -2.94. The number of alkyl halides is 2. The van der Waals surface area contributed by atoms with Crippen molar-refractivity contribution in [2.75, 3.05) is 6.61 Å². The topological polar surface area (TPSA) is 89.2 Å². The Kier molecular flexibility index (Phi) is 4.90. The molecule has 9 heteroatoms. The van der Waals surface area contributed by atoms with Crippen LogP contribution in [0.2, 0.25) is 0 Å². The maximum absolute atomic E-state index is 12.8. The predicted molar refractivity (Wildman–Crippen MR) is 105 cm³/mol. The molecule has 0 aliphatic heterocycles. The van der Waals surface area contributed by atoms with Gasteiger partial charge in [0.25, 0.3) is 5.56 Å². The van der Waals surface area contributed by atoms with Gasteiger partial charge in [0.05, 0.1) is 35.5 Å². The molecule has 5 rings (SSSR count). The molecule has 0 atom stereocenters. The summed E-state index contributed by atoms with van der Waals surface area (Å²) in [5.74, 6) is 0.830. The molecule has 0 unspecified atom stereocenters. The van der Waals surface area contributed by atoms with Gasteiger partial charge in [-0.1, -0.05) is 0 Å². The lowest BCUT2D eigenvalue weighted by Gasteiger charge is -2.14. The average Bonchev–Trinajstić information content (AvgIpc) is 3.63. The molecule has 0 spiro atoms. The number of ether oxygens (including phenoxy) is 3. The van der Waals surface area contributed by atoms with Crippen molar-refractivity contribution in [1.29, 1.82) is 0 Å². The molecular weight excluding hydrogens is 396 g/mol. The number of hydrogen-bond donors (Lipinski definition) is 2. The smallest absolute Gasteiger partial charge is 0.387 e. The minimum Gasteiger partial charge on any atom is -0.487 e. The summed E-state index contributed by atoms with van der Waals surface area (Å²) < 4.78 is 41.8. The van der Waals surface area contributed by atoms with Crippen molar-refractivity contribution >= 4 is 10.9 Å².